The molecule has 1 fully saturated rings. The number of hydrogen-bond acceptors (Lipinski definition) is 3. The minimum absolute atomic E-state index is 0.227. The average molecular weight is 260 g/mol. The Kier molecular flexibility index (Phi) is 3.76. The van der Waals surface area contributed by atoms with Gasteiger partial charge in [-0.05, 0) is 36.7 Å². The van der Waals surface area contributed by atoms with Gasteiger partial charge in [-0.3, -0.25) is 11.3 Å². The van der Waals surface area contributed by atoms with Crippen LogP contribution in [-0.2, 0) is 6.42 Å². The van der Waals surface area contributed by atoms with Crippen LogP contribution in [0.3, 0.4) is 0 Å². The maximum atomic E-state index is 5.94. The maximum Gasteiger partial charge on any atom is 0.127 e. The summed E-state index contributed by atoms with van der Waals surface area (Å²) in [6.45, 7) is 3.18. The fraction of sp³-hybridized carbons (Fsp3) is 0.625. The third-order valence-electron chi connectivity index (χ3n) is 4.83. The molecular formula is C16H24N2O. The standard InChI is InChI=1S/C16H24N2O/c1-11-5-2-8-13(11)15(18-17)14-9-3-6-12-7-4-10-19-16(12)14/h3,6,9,11,13,15,18H,2,4-5,7-8,10,17H2,1H3. The van der Waals surface area contributed by atoms with E-state index >= 15 is 0 Å². The monoisotopic (exact) mass is 260 g/mol. The van der Waals surface area contributed by atoms with Crippen LogP contribution in [0.4, 0.5) is 0 Å². The molecular weight excluding hydrogens is 236 g/mol. The summed E-state index contributed by atoms with van der Waals surface area (Å²) < 4.78 is 5.94. The summed E-state index contributed by atoms with van der Waals surface area (Å²) in [7, 11) is 0. The van der Waals surface area contributed by atoms with Crippen molar-refractivity contribution < 1.29 is 4.74 Å². The van der Waals surface area contributed by atoms with Gasteiger partial charge in [-0.15, -0.1) is 0 Å². The molecule has 0 amide bonds. The van der Waals surface area contributed by atoms with E-state index in [2.05, 4.69) is 30.5 Å². The first-order valence-electron chi connectivity index (χ1n) is 7.52. The molecule has 1 saturated carbocycles. The Labute approximate surface area is 115 Å². The molecule has 1 aromatic rings. The van der Waals surface area contributed by atoms with Crippen molar-refractivity contribution in [2.45, 2.75) is 45.1 Å². The predicted octanol–water partition coefficient (Wildman–Crippen LogP) is 2.95. The second-order valence-corrected chi connectivity index (χ2v) is 6.00. The van der Waals surface area contributed by atoms with Crippen molar-refractivity contribution in [3.8, 4) is 5.75 Å². The fourth-order valence-corrected chi connectivity index (χ4v) is 3.77. The zero-order chi connectivity index (χ0) is 13.2. The second-order valence-electron chi connectivity index (χ2n) is 6.00. The van der Waals surface area contributed by atoms with Crippen molar-refractivity contribution in [1.82, 2.24) is 5.43 Å². The number of nitrogens with one attached hydrogen (secondary N) is 1. The Hall–Kier alpha value is -1.06. The molecule has 1 heterocycles. The van der Waals surface area contributed by atoms with Crippen LogP contribution < -0.4 is 16.0 Å². The van der Waals surface area contributed by atoms with Crippen molar-refractivity contribution in [2.75, 3.05) is 6.61 Å². The number of aryl methyl sites for hydroxylation is 1. The van der Waals surface area contributed by atoms with E-state index in [1.54, 1.807) is 0 Å². The Morgan fingerprint density at radius 2 is 2.21 bits per heavy atom. The van der Waals surface area contributed by atoms with E-state index in [1.807, 2.05) is 0 Å². The van der Waals surface area contributed by atoms with E-state index in [9.17, 15) is 0 Å². The van der Waals surface area contributed by atoms with Gasteiger partial charge in [0.05, 0.1) is 12.6 Å². The second kappa shape index (κ2) is 5.51. The van der Waals surface area contributed by atoms with Crippen LogP contribution >= 0.6 is 0 Å². The van der Waals surface area contributed by atoms with Crippen molar-refractivity contribution in [3.05, 3.63) is 29.3 Å². The number of rotatable bonds is 3. The SMILES string of the molecule is CC1CCCC1C(NN)c1cccc2c1OCCC2. The summed E-state index contributed by atoms with van der Waals surface area (Å²) >= 11 is 0. The number of ether oxygens (including phenoxy) is 1. The molecule has 3 atom stereocenters. The molecule has 0 saturated heterocycles. The third kappa shape index (κ3) is 2.37. The topological polar surface area (TPSA) is 47.3 Å². The van der Waals surface area contributed by atoms with Crippen molar-refractivity contribution in [3.63, 3.8) is 0 Å². The predicted molar refractivity (Wildman–Crippen MR) is 76.8 cm³/mol. The van der Waals surface area contributed by atoms with Crippen LogP contribution in [0.5, 0.6) is 5.75 Å². The van der Waals surface area contributed by atoms with Crippen LogP contribution in [0.25, 0.3) is 0 Å². The normalized spacial score (nSPS) is 27.7. The van der Waals surface area contributed by atoms with Gasteiger partial charge in [-0.1, -0.05) is 38.0 Å². The highest BCUT2D eigenvalue weighted by atomic mass is 16.5. The molecule has 0 spiro atoms. The molecule has 0 bridgehead atoms. The van der Waals surface area contributed by atoms with E-state index in [1.165, 1.54) is 30.4 Å². The molecule has 3 rings (SSSR count). The van der Waals surface area contributed by atoms with Gasteiger partial charge in [0.1, 0.15) is 5.75 Å². The molecule has 2 aliphatic rings. The lowest BCUT2D eigenvalue weighted by atomic mass is 9.84. The molecule has 3 heteroatoms. The summed E-state index contributed by atoms with van der Waals surface area (Å²) in [5.41, 5.74) is 5.67. The van der Waals surface area contributed by atoms with Gasteiger partial charge in [0.15, 0.2) is 0 Å². The lowest BCUT2D eigenvalue weighted by Gasteiger charge is -2.30. The first-order valence-corrected chi connectivity index (χ1v) is 7.52. The quantitative estimate of drug-likeness (QED) is 0.649. The van der Waals surface area contributed by atoms with Crippen LogP contribution in [0, 0.1) is 11.8 Å². The van der Waals surface area contributed by atoms with Crippen molar-refractivity contribution in [1.29, 1.82) is 0 Å². The Morgan fingerprint density at radius 3 is 2.95 bits per heavy atom. The van der Waals surface area contributed by atoms with Gasteiger partial charge in [0.2, 0.25) is 0 Å². The minimum atomic E-state index is 0.227. The van der Waals surface area contributed by atoms with E-state index < -0.39 is 0 Å². The average Bonchev–Trinajstić information content (AvgIpc) is 2.86. The first-order chi connectivity index (χ1) is 9.31. The lowest BCUT2D eigenvalue weighted by Crippen LogP contribution is -2.35. The van der Waals surface area contributed by atoms with Gasteiger partial charge >= 0.3 is 0 Å². The first kappa shape index (κ1) is 12.9. The van der Waals surface area contributed by atoms with E-state index in [0.717, 1.165) is 31.1 Å². The lowest BCUT2D eigenvalue weighted by molar-refractivity contribution is 0.262. The molecule has 1 aliphatic heterocycles. The Balaban J connectivity index is 1.95. The third-order valence-corrected chi connectivity index (χ3v) is 4.83. The molecule has 3 N–H and O–H groups in total. The van der Waals surface area contributed by atoms with Crippen LogP contribution in [0.15, 0.2) is 18.2 Å². The smallest absolute Gasteiger partial charge is 0.127 e. The van der Waals surface area contributed by atoms with E-state index in [4.69, 9.17) is 10.6 Å². The summed E-state index contributed by atoms with van der Waals surface area (Å²) in [5, 5.41) is 0. The highest BCUT2D eigenvalue weighted by molar-refractivity contribution is 5.44. The van der Waals surface area contributed by atoms with Crippen LogP contribution in [-0.4, -0.2) is 6.61 Å². The highest BCUT2D eigenvalue weighted by Crippen LogP contribution is 2.43. The fourth-order valence-electron chi connectivity index (χ4n) is 3.77. The van der Waals surface area contributed by atoms with Gasteiger partial charge in [0.25, 0.3) is 0 Å². The highest BCUT2D eigenvalue weighted by Gasteiger charge is 2.33. The van der Waals surface area contributed by atoms with E-state index in [0.29, 0.717) is 5.92 Å². The Bertz CT molecular complexity index is 446. The van der Waals surface area contributed by atoms with Gasteiger partial charge < -0.3 is 4.74 Å². The molecule has 104 valence electrons. The molecule has 19 heavy (non-hydrogen) atoms. The minimum Gasteiger partial charge on any atom is -0.493 e. The van der Waals surface area contributed by atoms with Gasteiger partial charge in [-0.25, -0.2) is 0 Å². The molecule has 0 aromatic heterocycles. The van der Waals surface area contributed by atoms with Gasteiger partial charge in [-0.2, -0.15) is 0 Å². The molecule has 0 radical (unpaired) electrons. The summed E-state index contributed by atoms with van der Waals surface area (Å²) in [6.07, 6.45) is 6.15. The molecule has 3 nitrogen and oxygen atoms in total. The van der Waals surface area contributed by atoms with Crippen LogP contribution in [0.1, 0.15) is 49.8 Å². The number of hydrogen-bond donors (Lipinski definition) is 2. The molecule has 1 aromatic carbocycles. The molecule has 1 aliphatic carbocycles. The number of fused-ring (bicyclic) bond motifs is 1. The van der Waals surface area contributed by atoms with E-state index in [-0.39, 0.29) is 6.04 Å². The number of nitrogens with two attached hydrogens (primary N) is 1. The molecule has 3 unspecified atom stereocenters. The Morgan fingerprint density at radius 1 is 1.32 bits per heavy atom. The maximum absolute atomic E-state index is 5.94. The number of para-hydroxylation sites is 1. The summed E-state index contributed by atoms with van der Waals surface area (Å²) in [6, 6.07) is 6.74. The zero-order valence-electron chi connectivity index (χ0n) is 11.7. The number of hydrazine groups is 1. The summed E-state index contributed by atoms with van der Waals surface area (Å²) in [4.78, 5) is 0. The van der Waals surface area contributed by atoms with Crippen molar-refractivity contribution in [2.24, 2.45) is 17.7 Å². The number of benzene rings is 1. The van der Waals surface area contributed by atoms with Gasteiger partial charge in [0, 0.05) is 5.56 Å². The van der Waals surface area contributed by atoms with Crippen molar-refractivity contribution >= 4 is 0 Å². The summed E-state index contributed by atoms with van der Waals surface area (Å²) in [5.74, 6) is 8.33. The largest absolute Gasteiger partial charge is 0.493 e. The zero-order valence-corrected chi connectivity index (χ0v) is 11.7. The van der Waals surface area contributed by atoms with Crippen LogP contribution in [0.2, 0.25) is 0 Å².